The largest absolute Gasteiger partial charge is 0.464 e. The molecule has 0 spiro atoms. The molecule has 1 heterocycles. The van der Waals surface area contributed by atoms with Gasteiger partial charge in [-0.25, -0.2) is 9.59 Å². The molecular formula is C13H20N2O4. The van der Waals surface area contributed by atoms with Crippen LogP contribution in [0.5, 0.6) is 0 Å². The SMILES string of the molecule is CCOC(=O)C1CCC(C#N)N1C(=O)OC(C)(C)C. The van der Waals surface area contributed by atoms with E-state index in [-0.39, 0.29) is 6.61 Å². The van der Waals surface area contributed by atoms with Crippen molar-refractivity contribution in [3.63, 3.8) is 0 Å². The summed E-state index contributed by atoms with van der Waals surface area (Å²) in [4.78, 5) is 25.1. The zero-order valence-electron chi connectivity index (χ0n) is 11.8. The Labute approximate surface area is 113 Å². The molecule has 1 amide bonds. The standard InChI is InChI=1S/C13H20N2O4/c1-5-18-11(16)10-7-6-9(8-14)15(10)12(17)19-13(2,3)4/h9-10H,5-7H2,1-4H3. The molecule has 0 bridgehead atoms. The third-order valence-corrected chi connectivity index (χ3v) is 2.70. The maximum Gasteiger partial charge on any atom is 0.412 e. The third-order valence-electron chi connectivity index (χ3n) is 2.70. The van der Waals surface area contributed by atoms with Crippen LogP contribution in [0.25, 0.3) is 0 Å². The van der Waals surface area contributed by atoms with Gasteiger partial charge in [0.1, 0.15) is 17.7 Å². The molecule has 2 unspecified atom stereocenters. The van der Waals surface area contributed by atoms with Crippen LogP contribution in [-0.2, 0) is 14.3 Å². The number of ether oxygens (including phenoxy) is 2. The number of esters is 1. The Morgan fingerprint density at radius 2 is 2.00 bits per heavy atom. The second-order valence-corrected chi connectivity index (χ2v) is 5.38. The first-order valence-corrected chi connectivity index (χ1v) is 6.37. The minimum atomic E-state index is -0.723. The van der Waals surface area contributed by atoms with E-state index < -0.39 is 29.7 Å². The smallest absolute Gasteiger partial charge is 0.412 e. The zero-order chi connectivity index (χ0) is 14.6. The van der Waals surface area contributed by atoms with E-state index >= 15 is 0 Å². The summed E-state index contributed by atoms with van der Waals surface area (Å²) < 4.78 is 10.2. The van der Waals surface area contributed by atoms with Gasteiger partial charge in [-0.15, -0.1) is 0 Å². The van der Waals surface area contributed by atoms with Crippen molar-refractivity contribution in [1.82, 2.24) is 4.90 Å². The summed E-state index contributed by atoms with van der Waals surface area (Å²) in [6.45, 7) is 7.16. The maximum absolute atomic E-state index is 12.1. The van der Waals surface area contributed by atoms with E-state index in [2.05, 4.69) is 0 Å². The number of carbonyl (C=O) groups excluding carboxylic acids is 2. The normalized spacial score (nSPS) is 22.8. The van der Waals surface area contributed by atoms with E-state index in [0.717, 1.165) is 0 Å². The third kappa shape index (κ3) is 3.85. The number of carbonyl (C=O) groups is 2. The quantitative estimate of drug-likeness (QED) is 0.714. The van der Waals surface area contributed by atoms with E-state index in [4.69, 9.17) is 14.7 Å². The minimum Gasteiger partial charge on any atom is -0.464 e. The van der Waals surface area contributed by atoms with Crippen LogP contribution in [0.15, 0.2) is 0 Å². The van der Waals surface area contributed by atoms with Gasteiger partial charge in [-0.2, -0.15) is 5.26 Å². The van der Waals surface area contributed by atoms with Gasteiger partial charge < -0.3 is 9.47 Å². The average Bonchev–Trinajstić information content (AvgIpc) is 2.70. The molecule has 0 aromatic rings. The van der Waals surface area contributed by atoms with Gasteiger partial charge in [0.25, 0.3) is 0 Å². The number of hydrogen-bond acceptors (Lipinski definition) is 5. The summed E-state index contributed by atoms with van der Waals surface area (Å²) in [6.07, 6.45) is 0.241. The number of rotatable bonds is 2. The van der Waals surface area contributed by atoms with Crippen molar-refractivity contribution in [2.75, 3.05) is 6.61 Å². The number of likely N-dealkylation sites (tertiary alicyclic amines) is 1. The monoisotopic (exact) mass is 268 g/mol. The molecule has 2 atom stereocenters. The molecule has 6 heteroatoms. The van der Waals surface area contributed by atoms with Gasteiger partial charge in [0.2, 0.25) is 0 Å². The van der Waals surface area contributed by atoms with E-state index in [9.17, 15) is 9.59 Å². The highest BCUT2D eigenvalue weighted by atomic mass is 16.6. The van der Waals surface area contributed by atoms with Gasteiger partial charge in [-0.1, -0.05) is 0 Å². The lowest BCUT2D eigenvalue weighted by atomic mass is 10.2. The van der Waals surface area contributed by atoms with Crippen LogP contribution >= 0.6 is 0 Å². The predicted molar refractivity (Wildman–Crippen MR) is 67.1 cm³/mol. The fraction of sp³-hybridized carbons (Fsp3) is 0.769. The molecule has 1 rings (SSSR count). The second-order valence-electron chi connectivity index (χ2n) is 5.38. The highest BCUT2D eigenvalue weighted by Gasteiger charge is 2.43. The van der Waals surface area contributed by atoms with Gasteiger partial charge in [0.15, 0.2) is 0 Å². The van der Waals surface area contributed by atoms with E-state index in [1.54, 1.807) is 27.7 Å². The van der Waals surface area contributed by atoms with Crippen LogP contribution in [0.2, 0.25) is 0 Å². The summed E-state index contributed by atoms with van der Waals surface area (Å²) >= 11 is 0. The molecule has 1 aliphatic rings. The lowest BCUT2D eigenvalue weighted by Gasteiger charge is -2.29. The lowest BCUT2D eigenvalue weighted by Crippen LogP contribution is -2.47. The number of amides is 1. The highest BCUT2D eigenvalue weighted by molar-refractivity contribution is 5.82. The first kappa shape index (κ1) is 15.3. The van der Waals surface area contributed by atoms with Crippen molar-refractivity contribution in [3.05, 3.63) is 0 Å². The number of hydrogen-bond donors (Lipinski definition) is 0. The zero-order valence-corrected chi connectivity index (χ0v) is 11.8. The van der Waals surface area contributed by atoms with Crippen molar-refractivity contribution in [2.45, 2.75) is 58.2 Å². The molecule has 1 saturated heterocycles. The molecule has 0 N–H and O–H groups in total. The topological polar surface area (TPSA) is 79.6 Å². The van der Waals surface area contributed by atoms with Crippen LogP contribution in [-0.4, -0.2) is 41.3 Å². The van der Waals surface area contributed by atoms with Crippen LogP contribution < -0.4 is 0 Å². The predicted octanol–water partition coefficient (Wildman–Crippen LogP) is 1.84. The van der Waals surface area contributed by atoms with Crippen LogP contribution in [0, 0.1) is 11.3 Å². The summed E-state index contributed by atoms with van der Waals surface area (Å²) in [7, 11) is 0. The van der Waals surface area contributed by atoms with Crippen LogP contribution in [0.1, 0.15) is 40.5 Å². The first-order chi connectivity index (χ1) is 8.80. The molecule has 19 heavy (non-hydrogen) atoms. The summed E-state index contributed by atoms with van der Waals surface area (Å²) in [5.74, 6) is -0.480. The molecule has 0 saturated carbocycles. The fourth-order valence-corrected chi connectivity index (χ4v) is 1.98. The van der Waals surface area contributed by atoms with Crippen LogP contribution in [0.3, 0.4) is 0 Å². The number of nitrogens with zero attached hydrogens (tertiary/aromatic N) is 2. The Morgan fingerprint density at radius 3 is 2.47 bits per heavy atom. The molecule has 0 radical (unpaired) electrons. The summed E-state index contributed by atoms with van der Waals surface area (Å²) in [5.41, 5.74) is -0.668. The Balaban J connectivity index is 2.86. The van der Waals surface area contributed by atoms with Gasteiger partial charge in [-0.05, 0) is 40.5 Å². The average molecular weight is 268 g/mol. The van der Waals surface area contributed by atoms with Crippen LogP contribution in [0.4, 0.5) is 4.79 Å². The molecule has 0 aliphatic carbocycles. The Morgan fingerprint density at radius 1 is 1.37 bits per heavy atom. The summed E-state index contributed by atoms with van der Waals surface area (Å²) in [6, 6.07) is 0.667. The lowest BCUT2D eigenvalue weighted by molar-refractivity contribution is -0.148. The molecule has 6 nitrogen and oxygen atoms in total. The molecule has 106 valence electrons. The summed E-state index contributed by atoms with van der Waals surface area (Å²) in [5, 5.41) is 9.06. The maximum atomic E-state index is 12.1. The van der Waals surface area contributed by atoms with Crippen molar-refractivity contribution < 1.29 is 19.1 Å². The Kier molecular flexibility index (Phi) is 4.76. The molecular weight excluding hydrogens is 248 g/mol. The van der Waals surface area contributed by atoms with E-state index in [0.29, 0.717) is 12.8 Å². The fourth-order valence-electron chi connectivity index (χ4n) is 1.98. The Bertz CT molecular complexity index is 394. The second kappa shape index (κ2) is 5.91. The van der Waals surface area contributed by atoms with Gasteiger partial charge in [-0.3, -0.25) is 4.90 Å². The van der Waals surface area contributed by atoms with E-state index in [1.807, 2.05) is 6.07 Å². The van der Waals surface area contributed by atoms with Gasteiger partial charge in [0.05, 0.1) is 12.7 Å². The van der Waals surface area contributed by atoms with Crippen molar-refractivity contribution in [3.8, 4) is 6.07 Å². The molecule has 1 fully saturated rings. The van der Waals surface area contributed by atoms with Crippen molar-refractivity contribution in [2.24, 2.45) is 0 Å². The molecule has 0 aromatic heterocycles. The van der Waals surface area contributed by atoms with E-state index in [1.165, 1.54) is 4.90 Å². The highest BCUT2D eigenvalue weighted by Crippen LogP contribution is 2.27. The minimum absolute atomic E-state index is 0.245. The van der Waals surface area contributed by atoms with Crippen molar-refractivity contribution in [1.29, 1.82) is 5.26 Å². The van der Waals surface area contributed by atoms with Gasteiger partial charge in [0, 0.05) is 0 Å². The van der Waals surface area contributed by atoms with Gasteiger partial charge >= 0.3 is 12.1 Å². The molecule has 0 aromatic carbocycles. The molecule has 1 aliphatic heterocycles. The first-order valence-electron chi connectivity index (χ1n) is 6.37. The van der Waals surface area contributed by atoms with Crippen molar-refractivity contribution >= 4 is 12.1 Å². The number of nitriles is 1. The Hall–Kier alpha value is -1.77.